The number of aromatic nitrogens is 2. The first-order valence-electron chi connectivity index (χ1n) is 7.72. The summed E-state index contributed by atoms with van der Waals surface area (Å²) in [6, 6.07) is 8.72. The van der Waals surface area contributed by atoms with Gasteiger partial charge >= 0.3 is 0 Å². The third kappa shape index (κ3) is 2.84. The Bertz CT molecular complexity index is 583. The smallest absolute Gasteiger partial charge is 0.139 e. The van der Waals surface area contributed by atoms with E-state index in [-0.39, 0.29) is 0 Å². The summed E-state index contributed by atoms with van der Waals surface area (Å²) < 4.78 is 0. The molecule has 2 N–H and O–H groups in total. The van der Waals surface area contributed by atoms with Gasteiger partial charge in [-0.15, -0.1) is 0 Å². The van der Waals surface area contributed by atoms with Crippen molar-refractivity contribution in [3.05, 3.63) is 30.6 Å². The van der Waals surface area contributed by atoms with E-state index in [4.69, 9.17) is 5.73 Å². The van der Waals surface area contributed by atoms with Gasteiger partial charge in [0.2, 0.25) is 0 Å². The van der Waals surface area contributed by atoms with E-state index >= 15 is 0 Å². The van der Waals surface area contributed by atoms with Gasteiger partial charge in [-0.3, -0.25) is 4.90 Å². The van der Waals surface area contributed by atoms with Gasteiger partial charge in [-0.1, -0.05) is 19.1 Å². The highest BCUT2D eigenvalue weighted by molar-refractivity contribution is 5.89. The van der Waals surface area contributed by atoms with Gasteiger partial charge in [-0.25, -0.2) is 9.97 Å². The normalized spacial score (nSPS) is 18.1. The Morgan fingerprint density at radius 1 is 1.14 bits per heavy atom. The first-order chi connectivity index (χ1) is 10.3. The molecule has 0 radical (unpaired) electrons. The Morgan fingerprint density at radius 2 is 1.90 bits per heavy atom. The standard InChI is InChI=1S/C16H23N5/c1-2-13(11-17)20-7-9-21(10-8-20)16-14-5-3-4-6-15(14)18-12-19-16/h3-6,12-13H,2,7-11,17H2,1H3. The number of nitrogens with two attached hydrogens (primary N) is 1. The van der Waals surface area contributed by atoms with Crippen molar-refractivity contribution >= 4 is 16.7 Å². The van der Waals surface area contributed by atoms with Crippen LogP contribution in [-0.4, -0.2) is 53.6 Å². The van der Waals surface area contributed by atoms with Crippen LogP contribution in [0.15, 0.2) is 30.6 Å². The molecular formula is C16H23N5. The maximum atomic E-state index is 5.86. The third-order valence-corrected chi connectivity index (χ3v) is 4.40. The van der Waals surface area contributed by atoms with E-state index < -0.39 is 0 Å². The fraction of sp³-hybridized carbons (Fsp3) is 0.500. The minimum atomic E-state index is 0.509. The number of anilines is 1. The molecule has 0 spiro atoms. The maximum absolute atomic E-state index is 5.86. The van der Waals surface area contributed by atoms with E-state index in [0.29, 0.717) is 6.04 Å². The summed E-state index contributed by atoms with van der Waals surface area (Å²) >= 11 is 0. The largest absolute Gasteiger partial charge is 0.353 e. The Balaban J connectivity index is 1.77. The van der Waals surface area contributed by atoms with Crippen molar-refractivity contribution in [2.45, 2.75) is 19.4 Å². The van der Waals surface area contributed by atoms with Crippen LogP contribution in [0.1, 0.15) is 13.3 Å². The summed E-state index contributed by atoms with van der Waals surface area (Å²) in [5.41, 5.74) is 6.87. The van der Waals surface area contributed by atoms with E-state index in [1.807, 2.05) is 18.2 Å². The molecule has 5 nitrogen and oxygen atoms in total. The lowest BCUT2D eigenvalue weighted by Gasteiger charge is -2.39. The molecule has 1 aromatic carbocycles. The van der Waals surface area contributed by atoms with E-state index in [1.165, 1.54) is 0 Å². The maximum Gasteiger partial charge on any atom is 0.139 e. The second-order valence-electron chi connectivity index (χ2n) is 5.54. The fourth-order valence-corrected chi connectivity index (χ4v) is 3.12. The summed E-state index contributed by atoms with van der Waals surface area (Å²) in [6.07, 6.45) is 2.78. The van der Waals surface area contributed by atoms with Crippen LogP contribution in [0.3, 0.4) is 0 Å². The summed E-state index contributed by atoms with van der Waals surface area (Å²) in [5.74, 6) is 1.06. The molecule has 1 aromatic heterocycles. The van der Waals surface area contributed by atoms with Crippen LogP contribution < -0.4 is 10.6 Å². The van der Waals surface area contributed by atoms with Gasteiger partial charge in [0.15, 0.2) is 0 Å². The number of fused-ring (bicyclic) bond motifs is 1. The monoisotopic (exact) mass is 285 g/mol. The highest BCUT2D eigenvalue weighted by atomic mass is 15.3. The molecule has 1 fully saturated rings. The topological polar surface area (TPSA) is 58.3 Å². The molecule has 2 heterocycles. The number of hydrogen-bond donors (Lipinski definition) is 1. The van der Waals surface area contributed by atoms with Crippen LogP contribution in [0.25, 0.3) is 10.9 Å². The predicted molar refractivity (Wildman–Crippen MR) is 86.5 cm³/mol. The van der Waals surface area contributed by atoms with Crippen LogP contribution in [0.5, 0.6) is 0 Å². The van der Waals surface area contributed by atoms with Crippen molar-refractivity contribution in [3.63, 3.8) is 0 Å². The van der Waals surface area contributed by atoms with E-state index in [1.54, 1.807) is 6.33 Å². The molecule has 5 heteroatoms. The Kier molecular flexibility index (Phi) is 4.31. The Hall–Kier alpha value is -1.72. The van der Waals surface area contributed by atoms with Crippen LogP contribution in [0.2, 0.25) is 0 Å². The van der Waals surface area contributed by atoms with Gasteiger partial charge in [0, 0.05) is 44.2 Å². The highest BCUT2D eigenvalue weighted by Crippen LogP contribution is 2.23. The minimum absolute atomic E-state index is 0.509. The number of hydrogen-bond acceptors (Lipinski definition) is 5. The second-order valence-corrected chi connectivity index (χ2v) is 5.54. The van der Waals surface area contributed by atoms with Crippen LogP contribution in [-0.2, 0) is 0 Å². The van der Waals surface area contributed by atoms with Crippen LogP contribution in [0.4, 0.5) is 5.82 Å². The quantitative estimate of drug-likeness (QED) is 0.922. The number of rotatable bonds is 4. The van der Waals surface area contributed by atoms with Crippen molar-refractivity contribution in [3.8, 4) is 0 Å². The SMILES string of the molecule is CCC(CN)N1CCN(c2ncnc3ccccc23)CC1. The summed E-state index contributed by atoms with van der Waals surface area (Å²) in [4.78, 5) is 13.7. The lowest BCUT2D eigenvalue weighted by molar-refractivity contribution is 0.184. The zero-order chi connectivity index (χ0) is 14.7. The molecule has 1 saturated heterocycles. The van der Waals surface area contributed by atoms with Gasteiger partial charge in [0.25, 0.3) is 0 Å². The van der Waals surface area contributed by atoms with Gasteiger partial charge in [0.05, 0.1) is 5.52 Å². The molecule has 1 atom stereocenters. The lowest BCUT2D eigenvalue weighted by atomic mass is 10.1. The average Bonchev–Trinajstić information content (AvgIpc) is 2.56. The Labute approximate surface area is 125 Å². The van der Waals surface area contributed by atoms with Crippen molar-refractivity contribution in [1.82, 2.24) is 14.9 Å². The lowest BCUT2D eigenvalue weighted by Crippen LogP contribution is -2.52. The number of piperazine rings is 1. The third-order valence-electron chi connectivity index (χ3n) is 4.40. The number of para-hydroxylation sites is 1. The van der Waals surface area contributed by atoms with E-state index in [9.17, 15) is 0 Å². The molecule has 112 valence electrons. The van der Waals surface area contributed by atoms with Crippen molar-refractivity contribution < 1.29 is 0 Å². The van der Waals surface area contributed by atoms with Gasteiger partial charge < -0.3 is 10.6 Å². The molecule has 1 aliphatic rings. The fourth-order valence-electron chi connectivity index (χ4n) is 3.12. The van der Waals surface area contributed by atoms with Crippen LogP contribution in [0, 0.1) is 0 Å². The predicted octanol–water partition coefficient (Wildman–Crippen LogP) is 1.49. The molecule has 0 saturated carbocycles. The molecule has 0 bridgehead atoms. The molecule has 3 rings (SSSR count). The summed E-state index contributed by atoms with van der Waals surface area (Å²) in [7, 11) is 0. The zero-order valence-electron chi connectivity index (χ0n) is 12.6. The van der Waals surface area contributed by atoms with Crippen molar-refractivity contribution in [2.75, 3.05) is 37.6 Å². The summed E-state index contributed by atoms with van der Waals surface area (Å²) in [5, 5.41) is 1.14. The molecule has 1 unspecified atom stereocenters. The van der Waals surface area contributed by atoms with Crippen LogP contribution >= 0.6 is 0 Å². The highest BCUT2D eigenvalue weighted by Gasteiger charge is 2.23. The molecule has 21 heavy (non-hydrogen) atoms. The molecule has 2 aromatic rings. The minimum Gasteiger partial charge on any atom is -0.353 e. The number of nitrogens with zero attached hydrogens (tertiary/aromatic N) is 4. The van der Waals surface area contributed by atoms with E-state index in [0.717, 1.165) is 55.9 Å². The summed E-state index contributed by atoms with van der Waals surface area (Å²) in [6.45, 7) is 7.05. The molecule has 0 amide bonds. The number of benzene rings is 1. The Morgan fingerprint density at radius 3 is 2.62 bits per heavy atom. The van der Waals surface area contributed by atoms with Crippen molar-refractivity contribution in [1.29, 1.82) is 0 Å². The molecular weight excluding hydrogens is 262 g/mol. The van der Waals surface area contributed by atoms with Gasteiger partial charge in [-0.05, 0) is 18.6 Å². The van der Waals surface area contributed by atoms with Crippen molar-refractivity contribution in [2.24, 2.45) is 5.73 Å². The second kappa shape index (κ2) is 6.37. The first kappa shape index (κ1) is 14.2. The first-order valence-corrected chi connectivity index (χ1v) is 7.72. The zero-order valence-corrected chi connectivity index (χ0v) is 12.6. The van der Waals surface area contributed by atoms with E-state index in [2.05, 4.69) is 32.8 Å². The van der Waals surface area contributed by atoms with Gasteiger partial charge in [0.1, 0.15) is 12.1 Å². The molecule has 0 aliphatic carbocycles. The average molecular weight is 285 g/mol. The van der Waals surface area contributed by atoms with Gasteiger partial charge in [-0.2, -0.15) is 0 Å². The molecule has 1 aliphatic heterocycles.